The Morgan fingerprint density at radius 1 is 1.62 bits per heavy atom. The van der Waals surface area contributed by atoms with Gasteiger partial charge in [-0.05, 0) is 25.7 Å². The van der Waals surface area contributed by atoms with Crippen LogP contribution in [0, 0.1) is 5.92 Å². The molecule has 0 radical (unpaired) electrons. The number of carbonyl (C=O) groups excluding carboxylic acids is 1. The quantitative estimate of drug-likeness (QED) is 0.657. The summed E-state index contributed by atoms with van der Waals surface area (Å²) in [6, 6.07) is 0.554. The summed E-state index contributed by atoms with van der Waals surface area (Å²) < 4.78 is 4.55. The van der Waals surface area contributed by atoms with E-state index in [4.69, 9.17) is 0 Å². The van der Waals surface area contributed by atoms with E-state index in [0.717, 1.165) is 12.5 Å². The molecule has 0 saturated heterocycles. The van der Waals surface area contributed by atoms with E-state index in [1.165, 1.54) is 26.4 Å². The highest BCUT2D eigenvalue weighted by Crippen LogP contribution is 2.29. The average Bonchev–Trinajstić information content (AvgIpc) is 2.01. The molecule has 0 aliphatic heterocycles. The summed E-state index contributed by atoms with van der Waals surface area (Å²) in [5, 5.41) is 3.35. The van der Waals surface area contributed by atoms with Gasteiger partial charge in [0.1, 0.15) is 0 Å². The van der Waals surface area contributed by atoms with Crippen LogP contribution in [0.3, 0.4) is 0 Å². The zero-order chi connectivity index (χ0) is 9.68. The molecule has 0 bridgehead atoms. The molecule has 0 amide bonds. The molecule has 0 spiro atoms. The van der Waals surface area contributed by atoms with Crippen LogP contribution in [0.2, 0.25) is 0 Å². The van der Waals surface area contributed by atoms with E-state index < -0.39 is 0 Å². The van der Waals surface area contributed by atoms with E-state index in [1.54, 1.807) is 0 Å². The van der Waals surface area contributed by atoms with Crippen LogP contribution in [-0.2, 0) is 9.53 Å². The fourth-order valence-electron chi connectivity index (χ4n) is 1.61. The number of methoxy groups -OCH3 is 1. The molecule has 76 valence electrons. The van der Waals surface area contributed by atoms with Crippen molar-refractivity contribution in [3.8, 4) is 0 Å². The number of nitrogens with one attached hydrogen (secondary N) is 1. The highest BCUT2D eigenvalue weighted by molar-refractivity contribution is 5.69. The molecular weight excluding hydrogens is 166 g/mol. The minimum Gasteiger partial charge on any atom is -0.469 e. The van der Waals surface area contributed by atoms with Gasteiger partial charge in [0.15, 0.2) is 0 Å². The Bertz CT molecular complexity index is 166. The molecule has 1 rings (SSSR count). The summed E-state index contributed by atoms with van der Waals surface area (Å²) in [6.07, 6.45) is 4.53. The Morgan fingerprint density at radius 2 is 2.31 bits per heavy atom. The van der Waals surface area contributed by atoms with Crippen molar-refractivity contribution in [1.29, 1.82) is 0 Å². The van der Waals surface area contributed by atoms with Crippen molar-refractivity contribution >= 4 is 5.97 Å². The number of carbonyl (C=O) groups is 1. The molecule has 0 heterocycles. The largest absolute Gasteiger partial charge is 0.469 e. The van der Waals surface area contributed by atoms with Crippen LogP contribution in [-0.4, -0.2) is 25.7 Å². The van der Waals surface area contributed by atoms with Crippen molar-refractivity contribution in [3.63, 3.8) is 0 Å². The zero-order valence-corrected chi connectivity index (χ0v) is 8.51. The van der Waals surface area contributed by atoms with Crippen LogP contribution in [0.5, 0.6) is 0 Å². The summed E-state index contributed by atoms with van der Waals surface area (Å²) in [6.45, 7) is 2.94. The van der Waals surface area contributed by atoms with Crippen LogP contribution in [0.4, 0.5) is 0 Å². The first-order valence-electron chi connectivity index (χ1n) is 5.04. The molecule has 1 saturated carbocycles. The normalized spacial score (nSPS) is 19.2. The predicted octanol–water partition coefficient (Wildman–Crippen LogP) is 1.33. The Hall–Kier alpha value is -0.570. The second-order valence-electron chi connectivity index (χ2n) is 3.76. The van der Waals surface area contributed by atoms with Gasteiger partial charge in [0.05, 0.1) is 13.5 Å². The van der Waals surface area contributed by atoms with Gasteiger partial charge in [0.25, 0.3) is 0 Å². The predicted molar refractivity (Wildman–Crippen MR) is 51.4 cm³/mol. The van der Waals surface area contributed by atoms with E-state index in [1.807, 2.05) is 0 Å². The fraction of sp³-hybridized carbons (Fsp3) is 0.900. The van der Waals surface area contributed by atoms with Gasteiger partial charge in [-0.15, -0.1) is 0 Å². The molecule has 1 N–H and O–H groups in total. The minimum atomic E-state index is -0.131. The lowest BCUT2D eigenvalue weighted by atomic mass is 9.80. The lowest BCUT2D eigenvalue weighted by Gasteiger charge is -2.31. The van der Waals surface area contributed by atoms with Crippen molar-refractivity contribution in [1.82, 2.24) is 5.32 Å². The highest BCUT2D eigenvalue weighted by atomic mass is 16.5. The van der Waals surface area contributed by atoms with Crippen molar-refractivity contribution in [2.75, 3.05) is 13.7 Å². The highest BCUT2D eigenvalue weighted by Gasteiger charge is 2.23. The first kappa shape index (κ1) is 10.5. The van der Waals surface area contributed by atoms with Gasteiger partial charge in [-0.3, -0.25) is 4.79 Å². The zero-order valence-electron chi connectivity index (χ0n) is 8.51. The molecule has 0 aromatic rings. The lowest BCUT2D eigenvalue weighted by Crippen LogP contribution is -2.38. The molecule has 1 aliphatic carbocycles. The van der Waals surface area contributed by atoms with E-state index >= 15 is 0 Å². The summed E-state index contributed by atoms with van der Waals surface area (Å²) in [4.78, 5) is 10.8. The molecule has 3 nitrogen and oxygen atoms in total. The molecule has 1 unspecified atom stereocenters. The van der Waals surface area contributed by atoms with Gasteiger partial charge < -0.3 is 10.1 Å². The number of rotatable bonds is 5. The lowest BCUT2D eigenvalue weighted by molar-refractivity contribution is -0.140. The number of hydrogen-bond acceptors (Lipinski definition) is 3. The van der Waals surface area contributed by atoms with E-state index in [0.29, 0.717) is 12.5 Å². The summed E-state index contributed by atoms with van der Waals surface area (Å²) in [5.41, 5.74) is 0. The second-order valence-corrected chi connectivity index (χ2v) is 3.76. The van der Waals surface area contributed by atoms with Crippen LogP contribution in [0.15, 0.2) is 0 Å². The van der Waals surface area contributed by atoms with Crippen LogP contribution in [0.1, 0.15) is 32.6 Å². The standard InChI is InChI=1S/C10H19NO2/c1-8(9-4-3-5-9)11-7-6-10(12)13-2/h8-9,11H,3-7H2,1-2H3. The molecule has 1 atom stereocenters. The van der Waals surface area contributed by atoms with Gasteiger partial charge in [0.2, 0.25) is 0 Å². The first-order valence-corrected chi connectivity index (χ1v) is 5.04. The van der Waals surface area contributed by atoms with Crippen molar-refractivity contribution in [2.24, 2.45) is 5.92 Å². The average molecular weight is 185 g/mol. The van der Waals surface area contributed by atoms with Crippen molar-refractivity contribution in [3.05, 3.63) is 0 Å². The van der Waals surface area contributed by atoms with E-state index in [9.17, 15) is 4.79 Å². The first-order chi connectivity index (χ1) is 6.24. The molecule has 0 aromatic carbocycles. The molecule has 0 aromatic heterocycles. The monoisotopic (exact) mass is 185 g/mol. The Kier molecular flexibility index (Phi) is 4.22. The number of esters is 1. The molecule has 1 aliphatic rings. The third kappa shape index (κ3) is 3.35. The maximum absolute atomic E-state index is 10.8. The number of hydrogen-bond donors (Lipinski definition) is 1. The summed E-state index contributed by atoms with van der Waals surface area (Å²) in [5.74, 6) is 0.700. The third-order valence-corrected chi connectivity index (χ3v) is 2.88. The van der Waals surface area contributed by atoms with Crippen LogP contribution < -0.4 is 5.32 Å². The van der Waals surface area contributed by atoms with Gasteiger partial charge >= 0.3 is 5.97 Å². The molecular formula is C10H19NO2. The second kappa shape index (κ2) is 5.22. The Labute approximate surface area is 79.8 Å². The van der Waals surface area contributed by atoms with Gasteiger partial charge in [-0.25, -0.2) is 0 Å². The molecule has 1 fully saturated rings. The van der Waals surface area contributed by atoms with Crippen LogP contribution >= 0.6 is 0 Å². The Morgan fingerprint density at radius 3 is 2.77 bits per heavy atom. The maximum atomic E-state index is 10.8. The Balaban J connectivity index is 2.01. The van der Waals surface area contributed by atoms with Gasteiger partial charge in [-0.2, -0.15) is 0 Å². The smallest absolute Gasteiger partial charge is 0.306 e. The van der Waals surface area contributed by atoms with Gasteiger partial charge in [0, 0.05) is 12.6 Å². The summed E-state index contributed by atoms with van der Waals surface area (Å²) >= 11 is 0. The number of ether oxygens (including phenoxy) is 1. The minimum absolute atomic E-state index is 0.131. The van der Waals surface area contributed by atoms with Crippen molar-refractivity contribution in [2.45, 2.75) is 38.6 Å². The third-order valence-electron chi connectivity index (χ3n) is 2.88. The van der Waals surface area contributed by atoms with Crippen LogP contribution in [0.25, 0.3) is 0 Å². The topological polar surface area (TPSA) is 38.3 Å². The van der Waals surface area contributed by atoms with Gasteiger partial charge in [-0.1, -0.05) is 6.42 Å². The maximum Gasteiger partial charge on any atom is 0.306 e. The van der Waals surface area contributed by atoms with E-state index in [2.05, 4.69) is 17.0 Å². The summed E-state index contributed by atoms with van der Waals surface area (Å²) in [7, 11) is 1.43. The molecule has 3 heteroatoms. The van der Waals surface area contributed by atoms with E-state index in [-0.39, 0.29) is 5.97 Å². The van der Waals surface area contributed by atoms with Crippen molar-refractivity contribution < 1.29 is 9.53 Å². The fourth-order valence-corrected chi connectivity index (χ4v) is 1.61. The molecule has 13 heavy (non-hydrogen) atoms. The SMILES string of the molecule is COC(=O)CCNC(C)C1CCC1.